The van der Waals surface area contributed by atoms with E-state index < -0.39 is 18.1 Å². The molecule has 1 spiro atoms. The first kappa shape index (κ1) is 12.0. The van der Waals surface area contributed by atoms with Gasteiger partial charge in [-0.1, -0.05) is 19.1 Å². The zero-order valence-electron chi connectivity index (χ0n) is 9.72. The summed E-state index contributed by atoms with van der Waals surface area (Å²) in [7, 11) is 0. The third kappa shape index (κ3) is 1.90. The predicted octanol–water partition coefficient (Wildman–Crippen LogP) is 1.64. The summed E-state index contributed by atoms with van der Waals surface area (Å²) in [6, 6.07) is -0.714. The van der Waals surface area contributed by atoms with Gasteiger partial charge in [0, 0.05) is 12.0 Å². The molecule has 0 radical (unpaired) electrons. The lowest BCUT2D eigenvalue weighted by atomic mass is 9.64. The molecule has 1 unspecified atom stereocenters. The molecule has 2 rings (SSSR count). The van der Waals surface area contributed by atoms with Crippen molar-refractivity contribution in [2.45, 2.75) is 31.7 Å². The second kappa shape index (κ2) is 4.39. The first-order valence-corrected chi connectivity index (χ1v) is 5.88. The summed E-state index contributed by atoms with van der Waals surface area (Å²) in [5.41, 5.74) is -0.195. The van der Waals surface area contributed by atoms with E-state index in [1.807, 2.05) is 0 Å². The number of carboxylic acids is 1. The van der Waals surface area contributed by atoms with Crippen LogP contribution < -0.4 is 0 Å². The lowest BCUT2D eigenvalue weighted by Crippen LogP contribution is -2.50. The highest BCUT2D eigenvalue weighted by Gasteiger charge is 2.56. The normalized spacial score (nSPS) is 25.4. The summed E-state index contributed by atoms with van der Waals surface area (Å²) in [6.07, 6.45) is 4.56. The van der Waals surface area contributed by atoms with Crippen molar-refractivity contribution in [3.8, 4) is 0 Å². The molecule has 2 aliphatic rings. The SMILES string of the molecule is C=CCOC(=O)N1CCC2(CCC2)C1C(=O)O. The van der Waals surface area contributed by atoms with Crippen molar-refractivity contribution in [2.75, 3.05) is 13.2 Å². The topological polar surface area (TPSA) is 66.8 Å². The Hall–Kier alpha value is -1.52. The highest BCUT2D eigenvalue weighted by Crippen LogP contribution is 2.52. The van der Waals surface area contributed by atoms with Gasteiger partial charge in [-0.3, -0.25) is 4.90 Å². The number of carboxylic acid groups (broad SMARTS) is 1. The number of nitrogens with zero attached hydrogens (tertiary/aromatic N) is 1. The highest BCUT2D eigenvalue weighted by atomic mass is 16.6. The van der Waals surface area contributed by atoms with Crippen LogP contribution in [0.4, 0.5) is 4.79 Å². The molecule has 1 aliphatic heterocycles. The first-order valence-electron chi connectivity index (χ1n) is 5.88. The molecule has 1 saturated carbocycles. The largest absolute Gasteiger partial charge is 0.480 e. The fourth-order valence-electron chi connectivity index (χ4n) is 2.90. The van der Waals surface area contributed by atoms with Gasteiger partial charge in [-0.05, 0) is 19.3 Å². The fraction of sp³-hybridized carbons (Fsp3) is 0.667. The van der Waals surface area contributed by atoms with Crippen molar-refractivity contribution in [1.82, 2.24) is 4.90 Å². The maximum absolute atomic E-state index is 11.7. The van der Waals surface area contributed by atoms with Gasteiger partial charge in [0.25, 0.3) is 0 Å². The quantitative estimate of drug-likeness (QED) is 0.760. The van der Waals surface area contributed by atoms with E-state index in [0.717, 1.165) is 25.7 Å². The van der Waals surface area contributed by atoms with Gasteiger partial charge in [0.05, 0.1) is 0 Å². The second-order valence-corrected chi connectivity index (χ2v) is 4.77. The summed E-state index contributed by atoms with van der Waals surface area (Å²) >= 11 is 0. The number of aliphatic carboxylic acids is 1. The number of hydrogen-bond acceptors (Lipinski definition) is 3. The molecule has 1 heterocycles. The number of carbonyl (C=O) groups is 2. The van der Waals surface area contributed by atoms with Gasteiger partial charge in [-0.25, -0.2) is 9.59 Å². The Morgan fingerprint density at radius 3 is 2.65 bits per heavy atom. The van der Waals surface area contributed by atoms with E-state index >= 15 is 0 Å². The summed E-state index contributed by atoms with van der Waals surface area (Å²) in [4.78, 5) is 24.4. The molecule has 5 heteroatoms. The summed E-state index contributed by atoms with van der Waals surface area (Å²) < 4.78 is 4.92. The molecule has 1 aliphatic carbocycles. The number of likely N-dealkylation sites (tertiary alicyclic amines) is 1. The van der Waals surface area contributed by atoms with Crippen LogP contribution in [-0.2, 0) is 9.53 Å². The Morgan fingerprint density at radius 1 is 1.47 bits per heavy atom. The van der Waals surface area contributed by atoms with E-state index in [1.54, 1.807) is 0 Å². The lowest BCUT2D eigenvalue weighted by molar-refractivity contribution is -0.147. The molecule has 94 valence electrons. The Balaban J connectivity index is 2.09. The van der Waals surface area contributed by atoms with Crippen molar-refractivity contribution in [2.24, 2.45) is 5.41 Å². The average Bonchev–Trinajstić information content (AvgIpc) is 2.65. The molecule has 5 nitrogen and oxygen atoms in total. The molecule has 0 aromatic carbocycles. The monoisotopic (exact) mass is 239 g/mol. The summed E-state index contributed by atoms with van der Waals surface area (Å²) in [5, 5.41) is 9.29. The summed E-state index contributed by atoms with van der Waals surface area (Å²) in [5.74, 6) is -0.919. The highest BCUT2D eigenvalue weighted by molar-refractivity contribution is 5.82. The van der Waals surface area contributed by atoms with Crippen LogP contribution in [0.1, 0.15) is 25.7 Å². The van der Waals surface area contributed by atoms with Crippen molar-refractivity contribution in [3.05, 3.63) is 12.7 Å². The van der Waals surface area contributed by atoms with Crippen LogP contribution in [0.2, 0.25) is 0 Å². The van der Waals surface area contributed by atoms with Gasteiger partial charge in [-0.15, -0.1) is 0 Å². The van der Waals surface area contributed by atoms with Crippen molar-refractivity contribution < 1.29 is 19.4 Å². The van der Waals surface area contributed by atoms with Gasteiger partial charge in [0.15, 0.2) is 0 Å². The Kier molecular flexibility index (Phi) is 3.09. The molecule has 1 atom stereocenters. The molecular weight excluding hydrogens is 222 g/mol. The van der Waals surface area contributed by atoms with Gasteiger partial charge in [0.2, 0.25) is 0 Å². The van der Waals surface area contributed by atoms with Crippen LogP contribution in [0.25, 0.3) is 0 Å². The zero-order chi connectivity index (χ0) is 12.5. The maximum atomic E-state index is 11.7. The molecule has 17 heavy (non-hydrogen) atoms. The molecule has 0 aromatic heterocycles. The van der Waals surface area contributed by atoms with E-state index in [2.05, 4.69) is 6.58 Å². The van der Waals surface area contributed by atoms with Gasteiger partial charge in [-0.2, -0.15) is 0 Å². The average molecular weight is 239 g/mol. The Labute approximate surface area is 100 Å². The van der Waals surface area contributed by atoms with Crippen LogP contribution >= 0.6 is 0 Å². The standard InChI is InChI=1S/C12H17NO4/c1-2-8-17-11(16)13-7-6-12(4-3-5-12)9(13)10(14)15/h2,9H,1,3-8H2,(H,14,15). The molecule has 1 saturated heterocycles. The third-order valence-electron chi connectivity index (χ3n) is 3.88. The van der Waals surface area contributed by atoms with E-state index in [9.17, 15) is 14.7 Å². The van der Waals surface area contributed by atoms with E-state index in [1.165, 1.54) is 11.0 Å². The zero-order valence-corrected chi connectivity index (χ0v) is 9.72. The molecule has 2 fully saturated rings. The van der Waals surface area contributed by atoms with Crippen molar-refractivity contribution in [3.63, 3.8) is 0 Å². The van der Waals surface area contributed by atoms with Crippen LogP contribution in [0.15, 0.2) is 12.7 Å². The number of ether oxygens (including phenoxy) is 1. The van der Waals surface area contributed by atoms with E-state index in [4.69, 9.17) is 4.74 Å². The number of amides is 1. The molecule has 1 amide bonds. The van der Waals surface area contributed by atoms with Crippen LogP contribution in [0.3, 0.4) is 0 Å². The third-order valence-corrected chi connectivity index (χ3v) is 3.88. The number of rotatable bonds is 3. The second-order valence-electron chi connectivity index (χ2n) is 4.77. The minimum Gasteiger partial charge on any atom is -0.480 e. The molecule has 0 bridgehead atoms. The maximum Gasteiger partial charge on any atom is 0.410 e. The van der Waals surface area contributed by atoms with Crippen LogP contribution in [0.5, 0.6) is 0 Å². The van der Waals surface area contributed by atoms with E-state index in [-0.39, 0.29) is 12.0 Å². The van der Waals surface area contributed by atoms with Crippen LogP contribution in [-0.4, -0.2) is 41.3 Å². The number of hydrogen-bond donors (Lipinski definition) is 1. The minimum atomic E-state index is -0.919. The Bertz CT molecular complexity index is 348. The minimum absolute atomic E-state index is 0.120. The first-order chi connectivity index (χ1) is 8.10. The predicted molar refractivity (Wildman–Crippen MR) is 60.6 cm³/mol. The van der Waals surface area contributed by atoms with Gasteiger partial charge in [0.1, 0.15) is 12.6 Å². The van der Waals surface area contributed by atoms with E-state index in [0.29, 0.717) is 6.54 Å². The smallest absolute Gasteiger partial charge is 0.410 e. The summed E-state index contributed by atoms with van der Waals surface area (Å²) in [6.45, 7) is 4.06. The van der Waals surface area contributed by atoms with Crippen LogP contribution in [0, 0.1) is 5.41 Å². The molecular formula is C12H17NO4. The van der Waals surface area contributed by atoms with Crippen molar-refractivity contribution >= 4 is 12.1 Å². The fourth-order valence-corrected chi connectivity index (χ4v) is 2.90. The van der Waals surface area contributed by atoms with Crippen molar-refractivity contribution in [1.29, 1.82) is 0 Å². The molecule has 0 aromatic rings. The Morgan fingerprint density at radius 2 is 2.18 bits per heavy atom. The van der Waals surface area contributed by atoms with Gasteiger partial charge >= 0.3 is 12.1 Å². The number of carbonyl (C=O) groups excluding carboxylic acids is 1. The lowest BCUT2D eigenvalue weighted by Gasteiger charge is -2.42. The van der Waals surface area contributed by atoms with Gasteiger partial charge < -0.3 is 9.84 Å². The molecule has 1 N–H and O–H groups in total.